The van der Waals surface area contributed by atoms with Crippen molar-refractivity contribution in [3.8, 4) is 0 Å². The van der Waals surface area contributed by atoms with Crippen molar-refractivity contribution in [1.29, 1.82) is 0 Å². The molecule has 2 heterocycles. The van der Waals surface area contributed by atoms with E-state index in [1.54, 1.807) is 7.11 Å². The fraction of sp³-hybridized carbons (Fsp3) is 0.632. The van der Waals surface area contributed by atoms with E-state index in [9.17, 15) is 13.2 Å². The predicted octanol–water partition coefficient (Wildman–Crippen LogP) is 1.10. The van der Waals surface area contributed by atoms with Gasteiger partial charge >= 0.3 is 0 Å². The summed E-state index contributed by atoms with van der Waals surface area (Å²) in [5, 5.41) is 3.29. The van der Waals surface area contributed by atoms with Crippen molar-refractivity contribution in [2.24, 2.45) is 5.41 Å². The molecule has 1 aromatic rings. The van der Waals surface area contributed by atoms with Crippen LogP contribution in [0.4, 0.5) is 0 Å². The molecule has 9 heteroatoms. The third-order valence-electron chi connectivity index (χ3n) is 5.55. The highest BCUT2D eigenvalue weighted by Gasteiger charge is 2.43. The Hall–Kier alpha value is -1.19. The van der Waals surface area contributed by atoms with Crippen molar-refractivity contribution in [2.75, 3.05) is 53.0 Å². The van der Waals surface area contributed by atoms with Gasteiger partial charge in [0.2, 0.25) is 15.9 Å². The van der Waals surface area contributed by atoms with Crippen LogP contribution >= 0.6 is 12.4 Å². The number of piperidine rings is 1. The van der Waals surface area contributed by atoms with Crippen LogP contribution in [0.15, 0.2) is 30.3 Å². The number of carbonyl (C=O) groups is 1. The summed E-state index contributed by atoms with van der Waals surface area (Å²) >= 11 is 0. The number of piperazine rings is 1. The molecule has 0 aromatic heterocycles. The predicted molar refractivity (Wildman–Crippen MR) is 111 cm³/mol. The Kier molecular flexibility index (Phi) is 8.27. The number of nitrogens with zero attached hydrogens (tertiary/aromatic N) is 2. The Balaban J connectivity index is 0.00000280. The summed E-state index contributed by atoms with van der Waals surface area (Å²) in [6.45, 7) is 3.60. The third kappa shape index (κ3) is 5.24. The first-order valence-electron chi connectivity index (χ1n) is 9.48. The summed E-state index contributed by atoms with van der Waals surface area (Å²) in [7, 11) is -1.75. The monoisotopic (exact) mass is 431 g/mol. The van der Waals surface area contributed by atoms with E-state index < -0.39 is 15.4 Å². The van der Waals surface area contributed by atoms with Crippen molar-refractivity contribution >= 4 is 28.3 Å². The lowest BCUT2D eigenvalue weighted by Gasteiger charge is -2.42. The summed E-state index contributed by atoms with van der Waals surface area (Å²) in [6, 6.07) is 9.20. The van der Waals surface area contributed by atoms with Crippen LogP contribution in [-0.4, -0.2) is 76.5 Å². The van der Waals surface area contributed by atoms with E-state index in [1.807, 2.05) is 35.2 Å². The molecule has 0 aliphatic carbocycles. The molecule has 3 rings (SSSR count). The van der Waals surface area contributed by atoms with Gasteiger partial charge in [-0.05, 0) is 31.5 Å². The molecule has 1 amide bonds. The van der Waals surface area contributed by atoms with Gasteiger partial charge in [-0.1, -0.05) is 30.3 Å². The number of nitrogens with one attached hydrogen (secondary N) is 1. The quantitative estimate of drug-likeness (QED) is 0.729. The highest BCUT2D eigenvalue weighted by atomic mass is 35.5. The van der Waals surface area contributed by atoms with E-state index in [1.165, 1.54) is 4.31 Å². The topological polar surface area (TPSA) is 79.0 Å². The highest BCUT2D eigenvalue weighted by molar-refractivity contribution is 7.88. The molecule has 2 aliphatic rings. The SMILES string of the molecule is COCC1(C(=O)N2CCN(S(=O)(=O)Cc3ccccc3)CC2)CCNCC1.Cl. The van der Waals surface area contributed by atoms with Crippen LogP contribution in [0.2, 0.25) is 0 Å². The molecule has 1 aromatic carbocycles. The lowest BCUT2D eigenvalue weighted by molar-refractivity contribution is -0.148. The molecule has 28 heavy (non-hydrogen) atoms. The fourth-order valence-electron chi connectivity index (χ4n) is 3.98. The minimum Gasteiger partial charge on any atom is -0.384 e. The lowest BCUT2D eigenvalue weighted by atomic mass is 9.78. The Bertz CT molecular complexity index is 725. The van der Waals surface area contributed by atoms with Gasteiger partial charge in [0.05, 0.1) is 17.8 Å². The second-order valence-corrected chi connectivity index (χ2v) is 9.37. The Labute approximate surface area is 173 Å². The van der Waals surface area contributed by atoms with Crippen LogP contribution in [0.1, 0.15) is 18.4 Å². The number of rotatable bonds is 6. The summed E-state index contributed by atoms with van der Waals surface area (Å²) in [6.07, 6.45) is 1.51. The minimum atomic E-state index is -3.38. The molecule has 1 N–H and O–H groups in total. The zero-order valence-corrected chi connectivity index (χ0v) is 17.9. The van der Waals surface area contributed by atoms with Crippen molar-refractivity contribution in [1.82, 2.24) is 14.5 Å². The summed E-state index contributed by atoms with van der Waals surface area (Å²) in [4.78, 5) is 15.0. The summed E-state index contributed by atoms with van der Waals surface area (Å²) in [5.41, 5.74) is 0.301. The first kappa shape index (κ1) is 23.1. The molecule has 7 nitrogen and oxygen atoms in total. The van der Waals surface area contributed by atoms with Crippen LogP contribution in [0, 0.1) is 5.41 Å². The highest BCUT2D eigenvalue weighted by Crippen LogP contribution is 2.32. The van der Waals surface area contributed by atoms with E-state index >= 15 is 0 Å². The van der Waals surface area contributed by atoms with Crippen LogP contribution in [-0.2, 0) is 25.3 Å². The first-order valence-corrected chi connectivity index (χ1v) is 11.1. The maximum Gasteiger partial charge on any atom is 0.231 e. The molecule has 2 fully saturated rings. The summed E-state index contributed by atoms with van der Waals surface area (Å²) in [5.74, 6) is 0.104. The van der Waals surface area contributed by atoms with Crippen LogP contribution in [0.5, 0.6) is 0 Å². The lowest BCUT2D eigenvalue weighted by Crippen LogP contribution is -2.57. The number of halogens is 1. The van der Waals surface area contributed by atoms with Crippen molar-refractivity contribution in [3.05, 3.63) is 35.9 Å². The number of ether oxygens (including phenoxy) is 1. The maximum absolute atomic E-state index is 13.2. The number of carbonyl (C=O) groups excluding carboxylic acids is 1. The van der Waals surface area contributed by atoms with E-state index in [0.717, 1.165) is 31.5 Å². The number of sulfonamides is 1. The Morgan fingerprint density at radius 2 is 1.71 bits per heavy atom. The molecule has 0 unspecified atom stereocenters. The average Bonchev–Trinajstić information content (AvgIpc) is 2.69. The molecular formula is C19H30ClN3O4S. The molecule has 2 aliphatic heterocycles. The van der Waals surface area contributed by atoms with Gasteiger partial charge in [-0.25, -0.2) is 8.42 Å². The second-order valence-electron chi connectivity index (χ2n) is 7.40. The molecule has 0 bridgehead atoms. The summed E-state index contributed by atoms with van der Waals surface area (Å²) < 4.78 is 32.3. The molecule has 0 radical (unpaired) electrons. The van der Waals surface area contributed by atoms with E-state index in [2.05, 4.69) is 5.32 Å². The Morgan fingerprint density at radius 1 is 1.11 bits per heavy atom. The minimum absolute atomic E-state index is 0. The number of benzene rings is 1. The van der Waals surface area contributed by atoms with Crippen molar-refractivity contribution in [3.63, 3.8) is 0 Å². The van der Waals surface area contributed by atoms with Gasteiger partial charge in [-0.3, -0.25) is 4.79 Å². The van der Waals surface area contributed by atoms with Crippen LogP contribution in [0.3, 0.4) is 0 Å². The zero-order chi connectivity index (χ0) is 19.3. The number of hydrogen-bond acceptors (Lipinski definition) is 5. The van der Waals surface area contributed by atoms with Gasteiger partial charge in [-0.15, -0.1) is 12.4 Å². The normalized spacial score (nSPS) is 20.4. The third-order valence-corrected chi connectivity index (χ3v) is 7.40. The molecule has 0 atom stereocenters. The molecule has 158 valence electrons. The van der Waals surface area contributed by atoms with E-state index in [-0.39, 0.29) is 24.1 Å². The van der Waals surface area contributed by atoms with Gasteiger partial charge in [0.15, 0.2) is 0 Å². The molecule has 2 saturated heterocycles. The number of amides is 1. The van der Waals surface area contributed by atoms with E-state index in [0.29, 0.717) is 32.8 Å². The van der Waals surface area contributed by atoms with Gasteiger partial charge in [0.25, 0.3) is 0 Å². The van der Waals surface area contributed by atoms with Crippen LogP contribution < -0.4 is 5.32 Å². The van der Waals surface area contributed by atoms with Crippen LogP contribution in [0.25, 0.3) is 0 Å². The van der Waals surface area contributed by atoms with Gasteiger partial charge in [0, 0.05) is 33.3 Å². The molecular weight excluding hydrogens is 402 g/mol. The molecule has 0 saturated carbocycles. The van der Waals surface area contributed by atoms with E-state index in [4.69, 9.17) is 4.74 Å². The molecule has 0 spiro atoms. The van der Waals surface area contributed by atoms with Crippen molar-refractivity contribution in [2.45, 2.75) is 18.6 Å². The number of methoxy groups -OCH3 is 1. The maximum atomic E-state index is 13.2. The average molecular weight is 432 g/mol. The van der Waals surface area contributed by atoms with Gasteiger partial charge < -0.3 is 15.0 Å². The second kappa shape index (κ2) is 10.0. The first-order chi connectivity index (χ1) is 13.0. The van der Waals surface area contributed by atoms with Crippen molar-refractivity contribution < 1.29 is 17.9 Å². The number of hydrogen-bond donors (Lipinski definition) is 1. The van der Waals surface area contributed by atoms with Gasteiger partial charge in [0.1, 0.15) is 0 Å². The Morgan fingerprint density at radius 3 is 2.29 bits per heavy atom. The standard InChI is InChI=1S/C19H29N3O4S.ClH/c1-26-16-19(7-9-20-10-8-19)18(23)21-11-13-22(14-12-21)27(24,25)15-17-5-3-2-4-6-17;/h2-6,20H,7-16H2,1H3;1H. The largest absolute Gasteiger partial charge is 0.384 e. The fourth-order valence-corrected chi connectivity index (χ4v) is 5.50. The smallest absolute Gasteiger partial charge is 0.231 e. The van der Waals surface area contributed by atoms with Gasteiger partial charge in [-0.2, -0.15) is 4.31 Å². The zero-order valence-electron chi connectivity index (χ0n) is 16.3.